The minimum absolute atomic E-state index is 0.128. The molecule has 1 aromatic heterocycles. The highest BCUT2D eigenvalue weighted by atomic mass is 16.3. The van der Waals surface area contributed by atoms with Crippen LogP contribution < -0.4 is 10.6 Å². The number of carbonyl (C=O) groups excluding carboxylic acids is 1. The van der Waals surface area contributed by atoms with Crippen LogP contribution in [0.4, 0.5) is 16.3 Å². The molecule has 20 heavy (non-hydrogen) atoms. The summed E-state index contributed by atoms with van der Waals surface area (Å²) in [7, 11) is 0. The summed E-state index contributed by atoms with van der Waals surface area (Å²) < 4.78 is 0. The maximum atomic E-state index is 11.7. The van der Waals surface area contributed by atoms with Crippen LogP contribution in [-0.4, -0.2) is 26.3 Å². The van der Waals surface area contributed by atoms with E-state index in [1.807, 2.05) is 0 Å². The fourth-order valence-electron chi connectivity index (χ4n) is 1.57. The Balaban J connectivity index is 2.09. The van der Waals surface area contributed by atoms with Gasteiger partial charge in [-0.1, -0.05) is 6.07 Å². The third kappa shape index (κ3) is 3.08. The molecular weight excluding hydrogens is 262 g/mol. The van der Waals surface area contributed by atoms with Crippen LogP contribution in [0.1, 0.15) is 5.69 Å². The van der Waals surface area contributed by atoms with Crippen LogP contribution >= 0.6 is 0 Å². The fraction of sp³-hybridized carbons (Fsp3) is 0.0769. The van der Waals surface area contributed by atoms with Crippen molar-refractivity contribution in [2.24, 2.45) is 0 Å². The third-order valence-corrected chi connectivity index (χ3v) is 2.46. The quantitative estimate of drug-likeness (QED) is 0.425. The number of phenols is 3. The van der Waals surface area contributed by atoms with Crippen LogP contribution in [0.3, 0.4) is 0 Å². The second-order valence-corrected chi connectivity index (χ2v) is 4.11. The van der Waals surface area contributed by atoms with Crippen molar-refractivity contribution in [1.29, 1.82) is 0 Å². The van der Waals surface area contributed by atoms with E-state index in [-0.39, 0.29) is 5.69 Å². The number of urea groups is 1. The van der Waals surface area contributed by atoms with Crippen molar-refractivity contribution >= 4 is 17.5 Å². The molecule has 0 saturated carbocycles. The van der Waals surface area contributed by atoms with Crippen LogP contribution in [0.15, 0.2) is 30.3 Å². The van der Waals surface area contributed by atoms with Gasteiger partial charge in [0.2, 0.25) is 0 Å². The molecule has 7 heteroatoms. The second kappa shape index (κ2) is 5.35. The van der Waals surface area contributed by atoms with Crippen molar-refractivity contribution in [2.45, 2.75) is 6.92 Å². The Morgan fingerprint density at radius 2 is 1.75 bits per heavy atom. The molecule has 2 amide bonds. The van der Waals surface area contributed by atoms with Gasteiger partial charge in [0, 0.05) is 17.8 Å². The molecule has 0 fully saturated rings. The Morgan fingerprint density at radius 1 is 1.10 bits per heavy atom. The molecule has 0 saturated heterocycles. The van der Waals surface area contributed by atoms with Gasteiger partial charge in [0.15, 0.2) is 17.2 Å². The molecule has 5 N–H and O–H groups in total. The summed E-state index contributed by atoms with van der Waals surface area (Å²) in [6.07, 6.45) is 0. The van der Waals surface area contributed by atoms with Gasteiger partial charge in [-0.15, -0.1) is 0 Å². The average Bonchev–Trinajstić information content (AvgIpc) is 2.35. The lowest BCUT2D eigenvalue weighted by Crippen LogP contribution is -2.20. The van der Waals surface area contributed by atoms with Crippen LogP contribution in [0.5, 0.6) is 17.2 Å². The number of hydrogen-bond donors (Lipinski definition) is 5. The van der Waals surface area contributed by atoms with Gasteiger partial charge in [0.25, 0.3) is 0 Å². The van der Waals surface area contributed by atoms with E-state index in [0.29, 0.717) is 5.82 Å². The molecule has 0 radical (unpaired) electrons. The van der Waals surface area contributed by atoms with E-state index in [9.17, 15) is 20.1 Å². The molecule has 104 valence electrons. The van der Waals surface area contributed by atoms with E-state index in [1.54, 1.807) is 25.1 Å². The van der Waals surface area contributed by atoms with Gasteiger partial charge in [-0.3, -0.25) is 5.32 Å². The topological polar surface area (TPSA) is 115 Å². The zero-order valence-corrected chi connectivity index (χ0v) is 10.6. The maximum Gasteiger partial charge on any atom is 0.324 e. The first kappa shape index (κ1) is 13.5. The van der Waals surface area contributed by atoms with E-state index in [2.05, 4.69) is 15.6 Å². The van der Waals surface area contributed by atoms with Gasteiger partial charge in [0.1, 0.15) is 5.82 Å². The number of rotatable bonds is 2. The Kier molecular flexibility index (Phi) is 3.60. The number of carbonyl (C=O) groups is 1. The van der Waals surface area contributed by atoms with Gasteiger partial charge in [-0.25, -0.2) is 9.78 Å². The lowest BCUT2D eigenvalue weighted by Gasteiger charge is -2.09. The second-order valence-electron chi connectivity index (χ2n) is 4.11. The first-order valence-electron chi connectivity index (χ1n) is 5.72. The number of nitrogens with zero attached hydrogens (tertiary/aromatic N) is 1. The van der Waals surface area contributed by atoms with Crippen molar-refractivity contribution in [3.63, 3.8) is 0 Å². The fourth-order valence-corrected chi connectivity index (χ4v) is 1.57. The monoisotopic (exact) mass is 275 g/mol. The number of phenolic OH excluding ortho intramolecular Hbond substituents is 3. The molecular formula is C13H13N3O4. The van der Waals surface area contributed by atoms with Crippen molar-refractivity contribution < 1.29 is 20.1 Å². The summed E-state index contributed by atoms with van der Waals surface area (Å²) in [6, 6.07) is 6.79. The molecule has 0 bridgehead atoms. The highest BCUT2D eigenvalue weighted by Gasteiger charge is 2.10. The maximum absolute atomic E-state index is 11.7. The minimum atomic E-state index is -0.642. The Labute approximate surface area is 114 Å². The average molecular weight is 275 g/mol. The summed E-state index contributed by atoms with van der Waals surface area (Å²) in [4.78, 5) is 15.8. The summed E-state index contributed by atoms with van der Waals surface area (Å²) in [5, 5.41) is 32.7. The Bertz CT molecular complexity index is 635. The van der Waals surface area contributed by atoms with Gasteiger partial charge < -0.3 is 20.6 Å². The SMILES string of the molecule is Cc1cccc(NC(=O)Nc2cc(O)c(O)c(O)c2)n1. The predicted octanol–water partition coefficient (Wildman–Crippen LogP) is 2.15. The van der Waals surface area contributed by atoms with Crippen molar-refractivity contribution in [3.8, 4) is 17.2 Å². The van der Waals surface area contributed by atoms with E-state index < -0.39 is 23.3 Å². The summed E-state index contributed by atoms with van der Waals surface area (Å²) >= 11 is 0. The number of aromatic nitrogens is 1. The lowest BCUT2D eigenvalue weighted by molar-refractivity contribution is 0.262. The Hall–Kier alpha value is -2.96. The molecule has 1 aromatic carbocycles. The highest BCUT2D eigenvalue weighted by Crippen LogP contribution is 2.37. The van der Waals surface area contributed by atoms with Gasteiger partial charge in [-0.2, -0.15) is 0 Å². The number of nitrogens with one attached hydrogen (secondary N) is 2. The molecule has 0 spiro atoms. The molecule has 7 nitrogen and oxygen atoms in total. The largest absolute Gasteiger partial charge is 0.504 e. The number of hydrogen-bond acceptors (Lipinski definition) is 5. The number of amides is 2. The van der Waals surface area contributed by atoms with Crippen molar-refractivity contribution in [1.82, 2.24) is 4.98 Å². The van der Waals surface area contributed by atoms with E-state index >= 15 is 0 Å². The zero-order chi connectivity index (χ0) is 14.7. The molecule has 0 aliphatic carbocycles. The van der Waals surface area contributed by atoms with E-state index in [1.165, 1.54) is 0 Å². The number of benzene rings is 1. The normalized spacial score (nSPS) is 10.1. The molecule has 0 aliphatic rings. The van der Waals surface area contributed by atoms with E-state index in [4.69, 9.17) is 0 Å². The lowest BCUT2D eigenvalue weighted by atomic mass is 10.2. The molecule has 2 rings (SSSR count). The minimum Gasteiger partial charge on any atom is -0.504 e. The zero-order valence-electron chi connectivity index (χ0n) is 10.6. The number of aromatic hydroxyl groups is 3. The molecule has 0 unspecified atom stereocenters. The number of anilines is 2. The van der Waals surface area contributed by atoms with Crippen LogP contribution in [0.2, 0.25) is 0 Å². The number of aryl methyl sites for hydroxylation is 1. The summed E-state index contributed by atoms with van der Waals surface area (Å²) in [6.45, 7) is 1.79. The molecule has 0 aliphatic heterocycles. The van der Waals surface area contributed by atoms with Gasteiger partial charge in [0.05, 0.1) is 5.69 Å². The number of pyridine rings is 1. The molecule has 0 atom stereocenters. The summed E-state index contributed by atoms with van der Waals surface area (Å²) in [5.74, 6) is -1.34. The highest BCUT2D eigenvalue weighted by molar-refractivity contribution is 5.99. The van der Waals surface area contributed by atoms with Crippen LogP contribution in [0, 0.1) is 6.92 Å². The van der Waals surface area contributed by atoms with Crippen LogP contribution in [0.25, 0.3) is 0 Å². The van der Waals surface area contributed by atoms with Crippen molar-refractivity contribution in [2.75, 3.05) is 10.6 Å². The van der Waals surface area contributed by atoms with Gasteiger partial charge >= 0.3 is 6.03 Å². The van der Waals surface area contributed by atoms with E-state index in [0.717, 1.165) is 17.8 Å². The first-order chi connectivity index (χ1) is 9.45. The van der Waals surface area contributed by atoms with Crippen LogP contribution in [-0.2, 0) is 0 Å². The molecule has 1 heterocycles. The Morgan fingerprint density at radius 3 is 2.35 bits per heavy atom. The molecule has 2 aromatic rings. The predicted molar refractivity (Wildman–Crippen MR) is 73.1 cm³/mol. The standard InChI is InChI=1S/C13H13N3O4/c1-7-3-2-4-11(14-7)16-13(20)15-8-5-9(17)12(19)10(18)6-8/h2-6,17-19H,1H3,(H2,14,15,16,20). The van der Waals surface area contributed by atoms with Crippen molar-refractivity contribution in [3.05, 3.63) is 36.0 Å². The smallest absolute Gasteiger partial charge is 0.324 e. The first-order valence-corrected chi connectivity index (χ1v) is 5.72. The van der Waals surface area contributed by atoms with Gasteiger partial charge in [-0.05, 0) is 19.1 Å². The third-order valence-electron chi connectivity index (χ3n) is 2.46. The summed E-state index contributed by atoms with van der Waals surface area (Å²) in [5.41, 5.74) is 0.880.